The van der Waals surface area contributed by atoms with E-state index in [9.17, 15) is 8.78 Å². The molecule has 0 saturated carbocycles. The Morgan fingerprint density at radius 1 is 1.12 bits per heavy atom. The van der Waals surface area contributed by atoms with Crippen molar-refractivity contribution in [3.05, 3.63) is 65.9 Å². The maximum Gasteiger partial charge on any atom is 0.178 e. The average Bonchev–Trinajstić information content (AvgIpc) is 3.21. The van der Waals surface area contributed by atoms with E-state index in [1.807, 2.05) is 62.1 Å². The van der Waals surface area contributed by atoms with Crippen molar-refractivity contribution in [2.24, 2.45) is 0 Å². The third-order valence-electron chi connectivity index (χ3n) is 5.96. The van der Waals surface area contributed by atoms with Crippen molar-refractivity contribution in [3.63, 3.8) is 0 Å². The fourth-order valence-electron chi connectivity index (χ4n) is 4.23. The highest BCUT2D eigenvalue weighted by Gasteiger charge is 2.25. The van der Waals surface area contributed by atoms with Gasteiger partial charge in [0.1, 0.15) is 18.1 Å². The smallest absolute Gasteiger partial charge is 0.178 e. The summed E-state index contributed by atoms with van der Waals surface area (Å²) in [5.41, 5.74) is 3.76. The molecule has 176 valence electrons. The van der Waals surface area contributed by atoms with Gasteiger partial charge in [-0.2, -0.15) is 5.10 Å². The number of hydrogen-bond donors (Lipinski definition) is 0. The Morgan fingerprint density at radius 3 is 2.71 bits per heavy atom. The number of halogens is 2. The second-order valence-electron chi connectivity index (χ2n) is 8.89. The summed E-state index contributed by atoms with van der Waals surface area (Å²) in [5, 5.41) is 4.58. The van der Waals surface area contributed by atoms with Crippen LogP contribution in [0.25, 0.3) is 16.8 Å². The van der Waals surface area contributed by atoms with Gasteiger partial charge in [-0.3, -0.25) is 0 Å². The van der Waals surface area contributed by atoms with E-state index in [0.29, 0.717) is 36.6 Å². The van der Waals surface area contributed by atoms with Crippen LogP contribution in [0.3, 0.4) is 0 Å². The second-order valence-corrected chi connectivity index (χ2v) is 8.89. The molecule has 4 heterocycles. The van der Waals surface area contributed by atoms with Gasteiger partial charge < -0.3 is 14.5 Å². The SMILES string of the molecule is CC(C)N1CCOc2c(F)cc(-c3nc(Cc4cc5cc(N(C)C)ccn5n4)ncc3F)cc21. The summed E-state index contributed by atoms with van der Waals surface area (Å²) in [6, 6.07) is 9.12. The summed E-state index contributed by atoms with van der Waals surface area (Å²) in [6.45, 7) is 5.09. The highest BCUT2D eigenvalue weighted by molar-refractivity contribution is 5.72. The van der Waals surface area contributed by atoms with Crippen molar-refractivity contribution in [3.8, 4) is 17.0 Å². The largest absolute Gasteiger partial charge is 0.486 e. The zero-order valence-electron chi connectivity index (χ0n) is 19.6. The van der Waals surface area contributed by atoms with Gasteiger partial charge in [-0.15, -0.1) is 0 Å². The average molecular weight is 465 g/mol. The van der Waals surface area contributed by atoms with Crippen LogP contribution in [-0.2, 0) is 6.42 Å². The van der Waals surface area contributed by atoms with Gasteiger partial charge in [0, 0.05) is 37.6 Å². The number of pyridine rings is 1. The van der Waals surface area contributed by atoms with Gasteiger partial charge >= 0.3 is 0 Å². The molecule has 7 nitrogen and oxygen atoms in total. The lowest BCUT2D eigenvalue weighted by Gasteiger charge is -2.34. The van der Waals surface area contributed by atoms with Crippen molar-refractivity contribution >= 4 is 16.9 Å². The summed E-state index contributed by atoms with van der Waals surface area (Å²) in [7, 11) is 3.96. The van der Waals surface area contributed by atoms with E-state index in [-0.39, 0.29) is 17.5 Å². The van der Waals surface area contributed by atoms with Gasteiger partial charge in [0.2, 0.25) is 0 Å². The summed E-state index contributed by atoms with van der Waals surface area (Å²) in [5.74, 6) is -0.543. The maximum atomic E-state index is 14.9. The fraction of sp³-hybridized carbons (Fsp3) is 0.320. The van der Waals surface area contributed by atoms with E-state index in [1.54, 1.807) is 10.6 Å². The molecule has 0 saturated heterocycles. The number of hydrogen-bond acceptors (Lipinski definition) is 6. The zero-order valence-corrected chi connectivity index (χ0v) is 19.6. The molecule has 1 aliphatic heterocycles. The van der Waals surface area contributed by atoms with E-state index in [2.05, 4.69) is 15.1 Å². The van der Waals surface area contributed by atoms with Gasteiger partial charge in [-0.1, -0.05) is 0 Å². The molecule has 0 fully saturated rings. The minimum Gasteiger partial charge on any atom is -0.486 e. The molecule has 0 N–H and O–H groups in total. The predicted octanol–water partition coefficient (Wildman–Crippen LogP) is 4.33. The van der Waals surface area contributed by atoms with Crippen molar-refractivity contribution in [2.75, 3.05) is 37.0 Å². The van der Waals surface area contributed by atoms with Crippen molar-refractivity contribution in [1.82, 2.24) is 19.6 Å². The van der Waals surface area contributed by atoms with Crippen LogP contribution >= 0.6 is 0 Å². The van der Waals surface area contributed by atoms with Crippen LogP contribution in [0.5, 0.6) is 5.75 Å². The standard InChI is InChI=1S/C25H26F2N6O/c1-15(2)32-7-8-34-25-20(26)9-16(10-22(25)32)24-21(27)14-28-23(29-24)12-17-11-19-13-18(31(3)4)5-6-33(19)30-17/h5-6,9-11,13-15H,7-8,12H2,1-4H3. The van der Waals surface area contributed by atoms with Crippen LogP contribution in [0.1, 0.15) is 25.4 Å². The molecule has 1 aliphatic rings. The Balaban J connectivity index is 1.50. The van der Waals surface area contributed by atoms with Crippen molar-refractivity contribution < 1.29 is 13.5 Å². The van der Waals surface area contributed by atoms with E-state index in [1.165, 1.54) is 6.07 Å². The number of anilines is 2. The molecule has 0 amide bonds. The van der Waals surface area contributed by atoms with E-state index < -0.39 is 11.6 Å². The minimum atomic E-state index is -0.610. The lowest BCUT2D eigenvalue weighted by atomic mass is 10.1. The summed E-state index contributed by atoms with van der Waals surface area (Å²) in [6.07, 6.45) is 3.34. The maximum absolute atomic E-state index is 14.9. The first kappa shape index (κ1) is 22.1. The molecule has 0 bridgehead atoms. The van der Waals surface area contributed by atoms with Crippen LogP contribution in [0.2, 0.25) is 0 Å². The predicted molar refractivity (Wildman–Crippen MR) is 128 cm³/mol. The second kappa shape index (κ2) is 8.55. The van der Waals surface area contributed by atoms with Crippen molar-refractivity contribution in [1.29, 1.82) is 0 Å². The van der Waals surface area contributed by atoms with E-state index in [0.717, 1.165) is 23.1 Å². The Bertz CT molecular complexity index is 1370. The molecular formula is C25H26F2N6O. The molecule has 0 aliphatic carbocycles. The quantitative estimate of drug-likeness (QED) is 0.438. The topological polar surface area (TPSA) is 58.8 Å². The molecule has 5 rings (SSSR count). The number of aromatic nitrogens is 4. The third kappa shape index (κ3) is 4.02. The lowest BCUT2D eigenvalue weighted by Crippen LogP contribution is -2.38. The number of fused-ring (bicyclic) bond motifs is 2. The van der Waals surface area contributed by atoms with Crippen LogP contribution in [0, 0.1) is 11.6 Å². The molecule has 4 aromatic rings. The molecule has 0 spiro atoms. The zero-order chi connectivity index (χ0) is 24.0. The van der Waals surface area contributed by atoms with Crippen LogP contribution in [-0.4, -0.2) is 52.9 Å². The summed E-state index contributed by atoms with van der Waals surface area (Å²) >= 11 is 0. The molecule has 34 heavy (non-hydrogen) atoms. The van der Waals surface area contributed by atoms with Crippen LogP contribution < -0.4 is 14.5 Å². The first-order valence-electron chi connectivity index (χ1n) is 11.2. The fourth-order valence-corrected chi connectivity index (χ4v) is 4.23. The first-order chi connectivity index (χ1) is 16.3. The molecule has 9 heteroatoms. The summed E-state index contributed by atoms with van der Waals surface area (Å²) in [4.78, 5) is 12.7. The monoisotopic (exact) mass is 464 g/mol. The van der Waals surface area contributed by atoms with Crippen LogP contribution in [0.4, 0.5) is 20.2 Å². The van der Waals surface area contributed by atoms with Gasteiger partial charge in [-0.25, -0.2) is 23.3 Å². The number of ether oxygens (including phenoxy) is 1. The van der Waals surface area contributed by atoms with E-state index >= 15 is 0 Å². The lowest BCUT2D eigenvalue weighted by molar-refractivity contribution is 0.287. The number of benzene rings is 1. The Kier molecular flexibility index (Phi) is 5.55. The first-order valence-corrected chi connectivity index (χ1v) is 11.2. The van der Waals surface area contributed by atoms with Crippen molar-refractivity contribution in [2.45, 2.75) is 26.3 Å². The highest BCUT2D eigenvalue weighted by Crippen LogP contribution is 2.39. The number of rotatable bonds is 5. The normalized spacial score (nSPS) is 13.3. The van der Waals surface area contributed by atoms with Gasteiger partial charge in [-0.05, 0) is 44.2 Å². The highest BCUT2D eigenvalue weighted by atomic mass is 19.1. The van der Waals surface area contributed by atoms with E-state index in [4.69, 9.17) is 4.74 Å². The molecule has 0 radical (unpaired) electrons. The Morgan fingerprint density at radius 2 is 1.94 bits per heavy atom. The minimum absolute atomic E-state index is 0.0552. The Hall–Kier alpha value is -3.75. The molecular weight excluding hydrogens is 438 g/mol. The van der Waals surface area contributed by atoms with Gasteiger partial charge in [0.15, 0.2) is 17.4 Å². The molecule has 0 unspecified atom stereocenters. The third-order valence-corrected chi connectivity index (χ3v) is 5.96. The molecule has 0 atom stereocenters. The Labute approximate surface area is 196 Å². The van der Waals surface area contributed by atoms with Gasteiger partial charge in [0.05, 0.1) is 36.1 Å². The molecule has 3 aromatic heterocycles. The summed E-state index contributed by atoms with van der Waals surface area (Å²) < 4.78 is 37.0. The van der Waals surface area contributed by atoms with Gasteiger partial charge in [0.25, 0.3) is 0 Å². The number of nitrogens with zero attached hydrogens (tertiary/aromatic N) is 6. The van der Waals surface area contributed by atoms with Crippen LogP contribution in [0.15, 0.2) is 42.7 Å². The molecule has 1 aromatic carbocycles.